The van der Waals surface area contributed by atoms with Crippen LogP contribution in [-0.4, -0.2) is 33.1 Å². The zero-order valence-electron chi connectivity index (χ0n) is 16.4. The summed E-state index contributed by atoms with van der Waals surface area (Å²) < 4.78 is 0. The van der Waals surface area contributed by atoms with E-state index in [9.17, 15) is 0 Å². The Labute approximate surface area is 168 Å². The Bertz CT molecular complexity index is 1120. The second-order valence-electron chi connectivity index (χ2n) is 6.46. The van der Waals surface area contributed by atoms with E-state index in [4.69, 9.17) is 19.9 Å². The van der Waals surface area contributed by atoms with Crippen LogP contribution in [0.2, 0.25) is 0 Å². The van der Waals surface area contributed by atoms with Crippen LogP contribution in [0, 0.1) is 6.92 Å². The van der Waals surface area contributed by atoms with Crippen LogP contribution in [0.25, 0.3) is 21.8 Å². The van der Waals surface area contributed by atoms with Gasteiger partial charge in [-0.3, -0.25) is 4.79 Å². The molecule has 0 fully saturated rings. The molecule has 2 aromatic heterocycles. The van der Waals surface area contributed by atoms with E-state index in [1.54, 1.807) is 0 Å². The fourth-order valence-electron chi connectivity index (χ4n) is 2.96. The Balaban J connectivity index is 0.000000755. The van der Waals surface area contributed by atoms with Gasteiger partial charge in [0.1, 0.15) is 5.52 Å². The Morgan fingerprint density at radius 1 is 1.07 bits per heavy atom. The minimum absolute atomic E-state index is 0.250. The molecule has 7 heteroatoms. The third-order valence-corrected chi connectivity index (χ3v) is 4.26. The smallest absolute Gasteiger partial charge is 0.290 e. The van der Waals surface area contributed by atoms with Gasteiger partial charge in [-0.25, -0.2) is 15.0 Å². The average molecular weight is 389 g/mol. The first kappa shape index (κ1) is 20.0. The molecule has 7 nitrogen and oxygen atoms in total. The van der Waals surface area contributed by atoms with Gasteiger partial charge in [-0.05, 0) is 37.1 Å². The first-order valence-electron chi connectivity index (χ1n) is 9.37. The number of rotatable bonds is 5. The first-order chi connectivity index (χ1) is 14.2. The second-order valence-corrected chi connectivity index (χ2v) is 6.46. The lowest BCUT2D eigenvalue weighted by Crippen LogP contribution is -2.05. The molecule has 0 radical (unpaired) electrons. The number of anilines is 3. The third-order valence-electron chi connectivity index (χ3n) is 4.26. The third kappa shape index (κ3) is 4.76. The van der Waals surface area contributed by atoms with Crippen LogP contribution in [0.1, 0.15) is 18.9 Å². The number of nitrogens with zero attached hydrogens (tertiary/aromatic N) is 3. The number of benzene rings is 2. The van der Waals surface area contributed by atoms with Crippen molar-refractivity contribution in [1.29, 1.82) is 0 Å². The van der Waals surface area contributed by atoms with Crippen LogP contribution in [0.3, 0.4) is 0 Å². The van der Waals surface area contributed by atoms with Crippen molar-refractivity contribution >= 4 is 45.7 Å². The number of nitrogens with one attached hydrogen (secondary N) is 2. The molecule has 29 heavy (non-hydrogen) atoms. The van der Waals surface area contributed by atoms with E-state index in [-0.39, 0.29) is 6.47 Å². The molecule has 0 bridgehead atoms. The van der Waals surface area contributed by atoms with Gasteiger partial charge in [-0.1, -0.05) is 37.3 Å². The zero-order valence-corrected chi connectivity index (χ0v) is 16.4. The summed E-state index contributed by atoms with van der Waals surface area (Å²) in [5.74, 6) is 1.37. The van der Waals surface area contributed by atoms with Gasteiger partial charge in [-0.15, -0.1) is 0 Å². The van der Waals surface area contributed by atoms with Crippen LogP contribution in [0.4, 0.5) is 17.5 Å². The Morgan fingerprint density at radius 3 is 2.55 bits per heavy atom. The maximum absolute atomic E-state index is 8.36. The summed E-state index contributed by atoms with van der Waals surface area (Å²) in [5.41, 5.74) is 3.92. The number of carbonyl (C=O) groups is 1. The van der Waals surface area contributed by atoms with Gasteiger partial charge in [0.25, 0.3) is 6.47 Å². The second kappa shape index (κ2) is 9.45. The summed E-state index contributed by atoms with van der Waals surface area (Å²) in [4.78, 5) is 22.4. The number of carboxylic acid groups (broad SMARTS) is 1. The quantitative estimate of drug-likeness (QED) is 0.334. The molecule has 0 atom stereocenters. The number of para-hydroxylation sites is 1. The monoisotopic (exact) mass is 389 g/mol. The number of hydrogen-bond acceptors (Lipinski definition) is 6. The lowest BCUT2D eigenvalue weighted by molar-refractivity contribution is -0.122. The zero-order chi connectivity index (χ0) is 20.6. The molecule has 148 valence electrons. The van der Waals surface area contributed by atoms with Gasteiger partial charge < -0.3 is 15.7 Å². The fourth-order valence-corrected chi connectivity index (χ4v) is 2.96. The van der Waals surface area contributed by atoms with Crippen LogP contribution in [0.15, 0.2) is 54.7 Å². The molecular weight excluding hydrogens is 366 g/mol. The van der Waals surface area contributed by atoms with Crippen molar-refractivity contribution in [2.45, 2.75) is 20.3 Å². The van der Waals surface area contributed by atoms with Crippen molar-refractivity contribution in [3.05, 3.63) is 60.3 Å². The van der Waals surface area contributed by atoms with E-state index in [1.165, 1.54) is 5.56 Å². The van der Waals surface area contributed by atoms with Crippen molar-refractivity contribution in [2.75, 3.05) is 17.2 Å². The van der Waals surface area contributed by atoms with Gasteiger partial charge in [0.2, 0.25) is 5.95 Å². The summed E-state index contributed by atoms with van der Waals surface area (Å²) in [6.45, 7) is 4.78. The van der Waals surface area contributed by atoms with Gasteiger partial charge >= 0.3 is 0 Å². The predicted octanol–water partition coefficient (Wildman–Crippen LogP) is 4.75. The molecule has 0 saturated carbocycles. The highest BCUT2D eigenvalue weighted by atomic mass is 16.3. The minimum Gasteiger partial charge on any atom is -0.483 e. The minimum atomic E-state index is -0.250. The van der Waals surface area contributed by atoms with E-state index in [0.29, 0.717) is 5.95 Å². The molecule has 0 saturated heterocycles. The van der Waals surface area contributed by atoms with Gasteiger partial charge in [-0.2, -0.15) is 0 Å². The summed E-state index contributed by atoms with van der Waals surface area (Å²) in [6.07, 6.45) is 2.90. The molecule has 0 aliphatic heterocycles. The standard InChI is InChI=1S/C21H21N5.CH2O2/c1-3-11-22-21-23-13-17-16-10-9-14(2)12-18(16)25-20(19(17)26-21)24-15-7-5-4-6-8-15;2-1-3/h4-10,12-13H,3,11H2,1-2H3,(H,24,25)(H,22,23,26);1H,(H,2,3). The molecule has 4 rings (SSSR count). The molecule has 0 unspecified atom stereocenters. The molecule has 0 spiro atoms. The summed E-state index contributed by atoms with van der Waals surface area (Å²) >= 11 is 0. The SMILES string of the molecule is CCCNc1ncc2c(n1)c(Nc1ccccc1)nc1cc(C)ccc12.O=CO. The van der Waals surface area contributed by atoms with Crippen molar-refractivity contribution in [3.8, 4) is 0 Å². The van der Waals surface area contributed by atoms with Gasteiger partial charge in [0, 0.05) is 29.2 Å². The molecule has 0 aliphatic carbocycles. The average Bonchev–Trinajstić information content (AvgIpc) is 2.73. The van der Waals surface area contributed by atoms with Crippen molar-refractivity contribution < 1.29 is 9.90 Å². The highest BCUT2D eigenvalue weighted by molar-refractivity contribution is 6.08. The molecule has 2 aromatic carbocycles. The van der Waals surface area contributed by atoms with E-state index in [2.05, 4.69) is 47.7 Å². The highest BCUT2D eigenvalue weighted by Gasteiger charge is 2.12. The molecular formula is C22H23N5O2. The van der Waals surface area contributed by atoms with Crippen molar-refractivity contribution in [3.63, 3.8) is 0 Å². The van der Waals surface area contributed by atoms with Crippen LogP contribution < -0.4 is 10.6 Å². The van der Waals surface area contributed by atoms with E-state index < -0.39 is 0 Å². The Hall–Kier alpha value is -3.74. The van der Waals surface area contributed by atoms with Crippen LogP contribution >= 0.6 is 0 Å². The normalized spacial score (nSPS) is 10.3. The maximum atomic E-state index is 8.36. The molecule has 4 aromatic rings. The Kier molecular flexibility index (Phi) is 6.52. The van der Waals surface area contributed by atoms with E-state index in [1.807, 2.05) is 36.5 Å². The number of hydrogen-bond donors (Lipinski definition) is 3. The molecule has 3 N–H and O–H groups in total. The molecule has 0 amide bonds. The topological polar surface area (TPSA) is 100 Å². The van der Waals surface area contributed by atoms with Crippen LogP contribution in [-0.2, 0) is 4.79 Å². The fraction of sp³-hybridized carbons (Fsp3) is 0.182. The van der Waals surface area contributed by atoms with Crippen molar-refractivity contribution in [1.82, 2.24) is 15.0 Å². The van der Waals surface area contributed by atoms with E-state index >= 15 is 0 Å². The first-order valence-corrected chi connectivity index (χ1v) is 9.37. The lowest BCUT2D eigenvalue weighted by atomic mass is 10.1. The van der Waals surface area contributed by atoms with Crippen molar-refractivity contribution in [2.24, 2.45) is 0 Å². The number of aryl methyl sites for hydroxylation is 1. The van der Waals surface area contributed by atoms with E-state index in [0.717, 1.165) is 46.3 Å². The number of pyridine rings is 1. The maximum Gasteiger partial charge on any atom is 0.290 e. The lowest BCUT2D eigenvalue weighted by Gasteiger charge is -2.12. The number of aromatic nitrogens is 3. The highest BCUT2D eigenvalue weighted by Crippen LogP contribution is 2.30. The Morgan fingerprint density at radius 2 is 1.83 bits per heavy atom. The van der Waals surface area contributed by atoms with Gasteiger partial charge in [0.05, 0.1) is 5.52 Å². The van der Waals surface area contributed by atoms with Gasteiger partial charge in [0.15, 0.2) is 5.82 Å². The predicted molar refractivity (Wildman–Crippen MR) is 117 cm³/mol. The summed E-state index contributed by atoms with van der Waals surface area (Å²) in [6, 6.07) is 16.3. The summed E-state index contributed by atoms with van der Waals surface area (Å²) in [5, 5.41) is 15.6. The molecule has 2 heterocycles. The summed E-state index contributed by atoms with van der Waals surface area (Å²) in [7, 11) is 0. The van der Waals surface area contributed by atoms with Crippen LogP contribution in [0.5, 0.6) is 0 Å². The molecule has 0 aliphatic rings. The largest absolute Gasteiger partial charge is 0.483 e. The number of fused-ring (bicyclic) bond motifs is 3.